The number of rotatable bonds is 21. The molecule has 0 aromatic rings. The standard InChI is InChI=1S/C27H46O2.C6H9NO3S/c1-2-3-4-5-6-7-8-9-10-11-12-13-14-15-16-17-18-19-20-21-22-23-24-25-26-27(28)29;1-4(8)7-3-11-2-5(7)6(9)10/h2-14,19-26H2,1H3,(H,28,29);5H,2-3H2,1H3,(H,9,10). The summed E-state index contributed by atoms with van der Waals surface area (Å²) in [5.41, 5.74) is 0. The van der Waals surface area contributed by atoms with Crippen LogP contribution in [0.1, 0.15) is 149 Å². The van der Waals surface area contributed by atoms with E-state index in [0.29, 0.717) is 18.1 Å². The van der Waals surface area contributed by atoms with Gasteiger partial charge in [0.2, 0.25) is 5.91 Å². The van der Waals surface area contributed by atoms with Crippen LogP contribution >= 0.6 is 11.8 Å². The van der Waals surface area contributed by atoms with Crippen molar-refractivity contribution < 1.29 is 24.6 Å². The van der Waals surface area contributed by atoms with Crippen LogP contribution in [-0.4, -0.2) is 50.6 Å². The van der Waals surface area contributed by atoms with Gasteiger partial charge in [-0.3, -0.25) is 9.59 Å². The number of amides is 1. The molecule has 1 fully saturated rings. The molecule has 1 amide bonds. The Morgan fingerprint density at radius 2 is 1.12 bits per heavy atom. The molecule has 0 spiro atoms. The molecule has 1 heterocycles. The first kappa shape index (κ1) is 37.9. The Kier molecular flexibility index (Phi) is 26.9. The van der Waals surface area contributed by atoms with Gasteiger partial charge in [-0.2, -0.15) is 0 Å². The SMILES string of the molecule is CC(=O)N1CSCC1C(=O)O.CCCCCCCCCCCCCCC#CC#CCCCCCCCCC(=O)O. The minimum absolute atomic E-state index is 0.164. The van der Waals surface area contributed by atoms with Crippen molar-refractivity contribution in [3.8, 4) is 23.7 Å². The number of carbonyl (C=O) groups excluding carboxylic acids is 1. The third-order valence-corrected chi connectivity index (χ3v) is 7.92. The number of carboxylic acids is 2. The van der Waals surface area contributed by atoms with Gasteiger partial charge in [0, 0.05) is 31.9 Å². The van der Waals surface area contributed by atoms with E-state index in [1.54, 1.807) is 0 Å². The van der Waals surface area contributed by atoms with Crippen molar-refractivity contribution in [1.29, 1.82) is 0 Å². The maximum absolute atomic E-state index is 10.8. The lowest BCUT2D eigenvalue weighted by atomic mass is 10.0. The minimum atomic E-state index is -0.912. The Labute approximate surface area is 248 Å². The van der Waals surface area contributed by atoms with E-state index in [-0.39, 0.29) is 5.91 Å². The molecule has 1 aliphatic heterocycles. The van der Waals surface area contributed by atoms with Gasteiger partial charge in [0.25, 0.3) is 0 Å². The zero-order valence-electron chi connectivity index (χ0n) is 25.3. The van der Waals surface area contributed by atoms with Crippen LogP contribution in [0.4, 0.5) is 0 Å². The molecule has 2 N–H and O–H groups in total. The summed E-state index contributed by atoms with van der Waals surface area (Å²) < 4.78 is 0. The van der Waals surface area contributed by atoms with Crippen molar-refractivity contribution in [1.82, 2.24) is 4.90 Å². The van der Waals surface area contributed by atoms with E-state index < -0.39 is 18.0 Å². The molecule has 6 nitrogen and oxygen atoms in total. The molecule has 1 aliphatic rings. The van der Waals surface area contributed by atoms with Crippen LogP contribution in [0.3, 0.4) is 0 Å². The van der Waals surface area contributed by atoms with E-state index in [9.17, 15) is 14.4 Å². The van der Waals surface area contributed by atoms with Gasteiger partial charge in [-0.25, -0.2) is 4.79 Å². The van der Waals surface area contributed by atoms with Crippen LogP contribution in [-0.2, 0) is 14.4 Å². The Morgan fingerprint density at radius 3 is 1.50 bits per heavy atom. The zero-order chi connectivity index (χ0) is 29.7. The van der Waals surface area contributed by atoms with E-state index >= 15 is 0 Å². The van der Waals surface area contributed by atoms with Crippen LogP contribution in [0.2, 0.25) is 0 Å². The summed E-state index contributed by atoms with van der Waals surface area (Å²) in [6, 6.07) is -0.613. The maximum atomic E-state index is 10.8. The molecule has 7 heteroatoms. The number of nitrogens with zero attached hydrogens (tertiary/aromatic N) is 1. The van der Waals surface area contributed by atoms with E-state index in [0.717, 1.165) is 38.5 Å². The Bertz CT molecular complexity index is 772. The van der Waals surface area contributed by atoms with E-state index in [2.05, 4.69) is 30.6 Å². The molecule has 0 saturated carbocycles. The molecule has 40 heavy (non-hydrogen) atoms. The Hall–Kier alpha value is -2.12. The van der Waals surface area contributed by atoms with Crippen LogP contribution in [0.5, 0.6) is 0 Å². The largest absolute Gasteiger partial charge is 0.481 e. The third kappa shape index (κ3) is 24.9. The molecule has 1 saturated heterocycles. The minimum Gasteiger partial charge on any atom is -0.481 e. The van der Waals surface area contributed by atoms with Crippen molar-refractivity contribution in [3.63, 3.8) is 0 Å². The summed E-state index contributed by atoms with van der Waals surface area (Å²) in [7, 11) is 0. The van der Waals surface area contributed by atoms with Gasteiger partial charge in [0.15, 0.2) is 0 Å². The molecular weight excluding hydrogens is 522 g/mol. The highest BCUT2D eigenvalue weighted by molar-refractivity contribution is 7.99. The predicted molar refractivity (Wildman–Crippen MR) is 167 cm³/mol. The van der Waals surface area contributed by atoms with Crippen molar-refractivity contribution in [3.05, 3.63) is 0 Å². The molecule has 0 bridgehead atoms. The molecule has 0 aliphatic carbocycles. The lowest BCUT2D eigenvalue weighted by Crippen LogP contribution is -2.40. The molecular formula is C33H55NO5S. The number of hydrogen-bond acceptors (Lipinski definition) is 4. The Morgan fingerprint density at radius 1 is 0.700 bits per heavy atom. The third-order valence-electron chi connectivity index (χ3n) is 6.91. The zero-order valence-corrected chi connectivity index (χ0v) is 26.1. The molecule has 1 atom stereocenters. The first-order valence-corrected chi connectivity index (χ1v) is 16.8. The second-order valence-corrected chi connectivity index (χ2v) is 11.6. The first-order chi connectivity index (χ1) is 19.4. The predicted octanol–water partition coefficient (Wildman–Crippen LogP) is 8.28. The summed E-state index contributed by atoms with van der Waals surface area (Å²) in [6.07, 6.45) is 25.3. The summed E-state index contributed by atoms with van der Waals surface area (Å²) >= 11 is 1.47. The fourth-order valence-electron chi connectivity index (χ4n) is 4.42. The lowest BCUT2D eigenvalue weighted by Gasteiger charge is -2.17. The van der Waals surface area contributed by atoms with Crippen molar-refractivity contribution in [2.75, 3.05) is 11.6 Å². The number of thioether (sulfide) groups is 1. The fourth-order valence-corrected chi connectivity index (χ4v) is 5.63. The van der Waals surface area contributed by atoms with Gasteiger partial charge >= 0.3 is 11.9 Å². The van der Waals surface area contributed by atoms with E-state index in [1.807, 2.05) is 0 Å². The number of carbonyl (C=O) groups is 3. The van der Waals surface area contributed by atoms with Crippen LogP contribution in [0, 0.1) is 23.7 Å². The smallest absolute Gasteiger partial charge is 0.327 e. The van der Waals surface area contributed by atoms with Crippen molar-refractivity contribution in [2.24, 2.45) is 0 Å². The highest BCUT2D eigenvalue weighted by Gasteiger charge is 2.32. The Balaban J connectivity index is 0.00000114. The highest BCUT2D eigenvalue weighted by atomic mass is 32.2. The normalized spacial score (nSPS) is 13.8. The van der Waals surface area contributed by atoms with Crippen molar-refractivity contribution >= 4 is 29.6 Å². The second kappa shape index (κ2) is 28.4. The van der Waals surface area contributed by atoms with Crippen LogP contribution in [0.25, 0.3) is 0 Å². The number of aliphatic carboxylic acids is 2. The fraction of sp³-hybridized carbons (Fsp3) is 0.788. The highest BCUT2D eigenvalue weighted by Crippen LogP contribution is 2.20. The van der Waals surface area contributed by atoms with Gasteiger partial charge in [-0.05, 0) is 31.1 Å². The molecule has 0 aromatic carbocycles. The molecule has 228 valence electrons. The average Bonchev–Trinajstić information content (AvgIpc) is 3.42. The van der Waals surface area contributed by atoms with Gasteiger partial charge in [-0.15, -0.1) is 11.8 Å². The van der Waals surface area contributed by atoms with Gasteiger partial charge in [0.1, 0.15) is 6.04 Å². The number of hydrogen-bond donors (Lipinski definition) is 2. The topological polar surface area (TPSA) is 94.9 Å². The van der Waals surface area contributed by atoms with E-state index in [4.69, 9.17) is 10.2 Å². The van der Waals surface area contributed by atoms with E-state index in [1.165, 1.54) is 113 Å². The first-order valence-electron chi connectivity index (χ1n) is 15.6. The summed E-state index contributed by atoms with van der Waals surface area (Å²) in [5, 5.41) is 17.2. The summed E-state index contributed by atoms with van der Waals surface area (Å²) in [6.45, 7) is 3.67. The van der Waals surface area contributed by atoms with Crippen molar-refractivity contribution in [2.45, 2.75) is 155 Å². The molecule has 0 aromatic heterocycles. The maximum Gasteiger partial charge on any atom is 0.327 e. The lowest BCUT2D eigenvalue weighted by molar-refractivity contribution is -0.147. The van der Waals surface area contributed by atoms with Gasteiger partial charge < -0.3 is 15.1 Å². The molecule has 1 rings (SSSR count). The average molecular weight is 578 g/mol. The van der Waals surface area contributed by atoms with Gasteiger partial charge in [-0.1, -0.05) is 115 Å². The number of unbranched alkanes of at least 4 members (excludes halogenated alkanes) is 18. The summed E-state index contributed by atoms with van der Waals surface area (Å²) in [5.74, 6) is 11.6. The second-order valence-electron chi connectivity index (χ2n) is 10.6. The summed E-state index contributed by atoms with van der Waals surface area (Å²) in [4.78, 5) is 33.1. The molecule has 1 unspecified atom stereocenters. The molecule has 0 radical (unpaired) electrons. The quantitative estimate of drug-likeness (QED) is 0.105. The van der Waals surface area contributed by atoms with Gasteiger partial charge in [0.05, 0.1) is 5.88 Å². The van der Waals surface area contributed by atoms with Crippen LogP contribution in [0.15, 0.2) is 0 Å². The van der Waals surface area contributed by atoms with Crippen LogP contribution < -0.4 is 0 Å². The monoisotopic (exact) mass is 577 g/mol. The number of carboxylic acid groups (broad SMARTS) is 2.